The smallest absolute Gasteiger partial charge is 0.243 e. The fraction of sp³-hybridized carbons (Fsp3) is 0.267. The van der Waals surface area contributed by atoms with Gasteiger partial charge >= 0.3 is 0 Å². The highest BCUT2D eigenvalue weighted by Gasteiger charge is 2.41. The highest BCUT2D eigenvalue weighted by molar-refractivity contribution is 6.30. The summed E-state index contributed by atoms with van der Waals surface area (Å²) in [6, 6.07) is 22.2. The maximum atomic E-state index is 13.7. The third-order valence-corrected chi connectivity index (χ3v) is 7.13. The van der Waals surface area contributed by atoms with Gasteiger partial charge in [0.15, 0.2) is 5.78 Å². The van der Waals surface area contributed by atoms with Crippen LogP contribution in [0.5, 0.6) is 5.75 Å². The van der Waals surface area contributed by atoms with Crippen LogP contribution < -0.4 is 20.3 Å². The van der Waals surface area contributed by atoms with Crippen molar-refractivity contribution in [3.8, 4) is 5.75 Å². The maximum Gasteiger partial charge on any atom is 0.243 e. The lowest BCUT2D eigenvalue weighted by molar-refractivity contribution is -0.119. The van der Waals surface area contributed by atoms with Crippen LogP contribution in [0.15, 0.2) is 84.1 Å². The molecule has 0 aromatic heterocycles. The fourth-order valence-electron chi connectivity index (χ4n) is 5.25. The number of carbonyl (C=O) groups is 2. The van der Waals surface area contributed by atoms with E-state index in [0.29, 0.717) is 22.7 Å². The summed E-state index contributed by atoms with van der Waals surface area (Å²) in [5.41, 5.74) is 4.76. The van der Waals surface area contributed by atoms with Crippen LogP contribution in [0, 0.1) is 5.41 Å². The molecule has 1 atom stereocenters. The summed E-state index contributed by atoms with van der Waals surface area (Å²) < 4.78 is 5.38. The van der Waals surface area contributed by atoms with Gasteiger partial charge in [0.25, 0.3) is 0 Å². The number of anilines is 3. The molecule has 0 saturated heterocycles. The zero-order valence-corrected chi connectivity index (χ0v) is 21.9. The molecule has 37 heavy (non-hydrogen) atoms. The van der Waals surface area contributed by atoms with Gasteiger partial charge in [-0.3, -0.25) is 9.59 Å². The zero-order chi connectivity index (χ0) is 26.2. The monoisotopic (exact) mass is 515 g/mol. The van der Waals surface area contributed by atoms with Crippen LogP contribution in [-0.2, 0) is 9.59 Å². The molecule has 2 aliphatic rings. The molecule has 1 amide bonds. The lowest BCUT2D eigenvalue weighted by Crippen LogP contribution is -2.40. The normalized spacial score (nSPS) is 18.3. The van der Waals surface area contributed by atoms with Crippen LogP contribution in [0.3, 0.4) is 0 Å². The molecule has 190 valence electrons. The first-order valence-corrected chi connectivity index (χ1v) is 12.7. The molecule has 3 aromatic rings. The second kappa shape index (κ2) is 9.94. The third-order valence-electron chi connectivity index (χ3n) is 6.88. The summed E-state index contributed by atoms with van der Waals surface area (Å²) in [5, 5.41) is 7.15. The summed E-state index contributed by atoms with van der Waals surface area (Å²) in [6.07, 6.45) is 1.18. The molecule has 0 spiro atoms. The number of benzene rings is 3. The number of amides is 1. The number of halogens is 1. The Bertz CT molecular complexity index is 1360. The van der Waals surface area contributed by atoms with Gasteiger partial charge in [0.2, 0.25) is 5.91 Å². The molecular formula is C30H30ClN3O3. The Morgan fingerprint density at radius 2 is 1.76 bits per heavy atom. The second-order valence-corrected chi connectivity index (χ2v) is 10.8. The van der Waals surface area contributed by atoms with E-state index in [9.17, 15) is 9.59 Å². The highest BCUT2D eigenvalue weighted by atomic mass is 35.5. The molecule has 0 radical (unpaired) electrons. The number of hydrogen-bond acceptors (Lipinski definition) is 5. The van der Waals surface area contributed by atoms with Gasteiger partial charge in [0.05, 0.1) is 31.1 Å². The van der Waals surface area contributed by atoms with Crippen LogP contribution in [0.25, 0.3) is 0 Å². The Morgan fingerprint density at radius 3 is 2.46 bits per heavy atom. The van der Waals surface area contributed by atoms with Crippen molar-refractivity contribution in [2.45, 2.75) is 32.7 Å². The lowest BCUT2D eigenvalue weighted by atomic mass is 9.73. The Kier molecular flexibility index (Phi) is 6.69. The third kappa shape index (κ3) is 5.20. The number of nitrogens with one attached hydrogen (secondary N) is 2. The molecule has 0 bridgehead atoms. The Morgan fingerprint density at radius 1 is 1.05 bits per heavy atom. The molecular weight excluding hydrogens is 486 g/mol. The van der Waals surface area contributed by atoms with Crippen molar-refractivity contribution in [2.24, 2.45) is 5.41 Å². The molecule has 0 fully saturated rings. The van der Waals surface area contributed by atoms with Gasteiger partial charge in [-0.15, -0.1) is 0 Å². The van der Waals surface area contributed by atoms with Crippen LogP contribution in [0.1, 0.15) is 38.3 Å². The van der Waals surface area contributed by atoms with E-state index in [1.165, 1.54) is 0 Å². The SMILES string of the molecule is COc1ccc([C@@H]2C3=C(CC(C)(C)CC3=O)Nc3ccccc3N2CC(=O)Nc2ccc(Cl)cc2)cc1. The zero-order valence-electron chi connectivity index (χ0n) is 21.2. The number of rotatable bonds is 5. The summed E-state index contributed by atoms with van der Waals surface area (Å²) in [5.74, 6) is 0.631. The number of ether oxygens (including phenoxy) is 1. The summed E-state index contributed by atoms with van der Waals surface area (Å²) >= 11 is 6.01. The quantitative estimate of drug-likeness (QED) is 0.400. The van der Waals surface area contributed by atoms with E-state index in [2.05, 4.69) is 24.5 Å². The molecule has 0 unspecified atom stereocenters. The highest BCUT2D eigenvalue weighted by Crippen LogP contribution is 2.48. The molecule has 3 aromatic carbocycles. The van der Waals surface area contributed by atoms with Gasteiger partial charge in [-0.25, -0.2) is 0 Å². The van der Waals surface area contributed by atoms with E-state index >= 15 is 0 Å². The van der Waals surface area contributed by atoms with E-state index in [1.807, 2.05) is 53.4 Å². The predicted octanol–water partition coefficient (Wildman–Crippen LogP) is 6.60. The first kappa shape index (κ1) is 24.9. The predicted molar refractivity (Wildman–Crippen MR) is 148 cm³/mol. The number of hydrogen-bond donors (Lipinski definition) is 2. The Labute approximate surface area is 222 Å². The Hall–Kier alpha value is -3.77. The molecule has 1 aliphatic carbocycles. The number of Topliss-reactive ketones (excluding diaryl/α,β-unsaturated/α-hetero) is 1. The molecule has 2 N–H and O–H groups in total. The first-order chi connectivity index (χ1) is 17.7. The molecule has 7 heteroatoms. The summed E-state index contributed by atoms with van der Waals surface area (Å²) in [6.45, 7) is 4.28. The largest absolute Gasteiger partial charge is 0.497 e. The van der Waals surface area contributed by atoms with Crippen molar-refractivity contribution in [3.63, 3.8) is 0 Å². The number of methoxy groups -OCH3 is 1. The number of ketones is 1. The van der Waals surface area contributed by atoms with Gasteiger partial charge in [-0.1, -0.05) is 49.7 Å². The topological polar surface area (TPSA) is 70.7 Å². The number of carbonyl (C=O) groups excluding carboxylic acids is 2. The molecule has 0 saturated carbocycles. The van der Waals surface area contributed by atoms with Crippen LogP contribution in [0.2, 0.25) is 5.02 Å². The van der Waals surface area contributed by atoms with E-state index in [4.69, 9.17) is 16.3 Å². The van der Waals surface area contributed by atoms with Crippen molar-refractivity contribution in [1.29, 1.82) is 0 Å². The van der Waals surface area contributed by atoms with E-state index in [0.717, 1.165) is 34.8 Å². The lowest BCUT2D eigenvalue weighted by Gasteiger charge is -2.38. The van der Waals surface area contributed by atoms with Crippen LogP contribution in [-0.4, -0.2) is 25.3 Å². The number of nitrogens with zero attached hydrogens (tertiary/aromatic N) is 1. The summed E-state index contributed by atoms with van der Waals surface area (Å²) in [4.78, 5) is 29.2. The van der Waals surface area contributed by atoms with Gasteiger partial charge < -0.3 is 20.3 Å². The van der Waals surface area contributed by atoms with Crippen LogP contribution >= 0.6 is 11.6 Å². The average Bonchev–Trinajstić information content (AvgIpc) is 2.99. The number of para-hydroxylation sites is 2. The number of fused-ring (bicyclic) bond motifs is 1. The minimum absolute atomic E-state index is 0.0471. The van der Waals surface area contributed by atoms with Crippen molar-refractivity contribution in [1.82, 2.24) is 0 Å². The van der Waals surface area contributed by atoms with Crippen LogP contribution in [0.4, 0.5) is 17.1 Å². The minimum Gasteiger partial charge on any atom is -0.497 e. The average molecular weight is 516 g/mol. The minimum atomic E-state index is -0.448. The summed E-state index contributed by atoms with van der Waals surface area (Å²) in [7, 11) is 1.63. The maximum absolute atomic E-state index is 13.7. The molecule has 1 heterocycles. The molecule has 5 rings (SSSR count). The van der Waals surface area contributed by atoms with Crippen molar-refractivity contribution < 1.29 is 14.3 Å². The fourth-order valence-corrected chi connectivity index (χ4v) is 5.37. The number of allylic oxidation sites excluding steroid dienone is 1. The van der Waals surface area contributed by atoms with Gasteiger partial charge in [-0.05, 0) is 65.9 Å². The van der Waals surface area contributed by atoms with E-state index < -0.39 is 6.04 Å². The van der Waals surface area contributed by atoms with Crippen molar-refractivity contribution in [3.05, 3.63) is 94.7 Å². The Balaban J connectivity index is 1.62. The molecule has 6 nitrogen and oxygen atoms in total. The standard InChI is InChI=1S/C30H30ClN3O3/c1-30(2)16-24-28(26(35)17-30)29(19-8-14-22(37-3)15-9-19)34(25-7-5-4-6-23(25)33-24)18-27(36)32-21-12-10-20(31)11-13-21/h4-15,29,33H,16-18H2,1-3H3,(H,32,36)/t29-/m1/s1. The van der Waals surface area contributed by atoms with Crippen molar-refractivity contribution >= 4 is 40.4 Å². The van der Waals surface area contributed by atoms with Gasteiger partial charge in [-0.2, -0.15) is 0 Å². The molecule has 1 aliphatic heterocycles. The van der Waals surface area contributed by atoms with Gasteiger partial charge in [0, 0.05) is 28.4 Å². The first-order valence-electron chi connectivity index (χ1n) is 12.3. The van der Waals surface area contributed by atoms with Gasteiger partial charge in [0.1, 0.15) is 5.75 Å². The van der Waals surface area contributed by atoms with E-state index in [1.54, 1.807) is 31.4 Å². The van der Waals surface area contributed by atoms with E-state index in [-0.39, 0.29) is 23.7 Å². The second-order valence-electron chi connectivity index (χ2n) is 10.3. The van der Waals surface area contributed by atoms with Crippen molar-refractivity contribution in [2.75, 3.05) is 29.2 Å².